The number of hydrogen-bond acceptors (Lipinski definition) is 5. The Morgan fingerprint density at radius 1 is 1.09 bits per heavy atom. The van der Waals surface area contributed by atoms with Crippen LogP contribution in [0.25, 0.3) is 5.69 Å². The summed E-state index contributed by atoms with van der Waals surface area (Å²) in [6.45, 7) is 3.03. The van der Waals surface area contributed by atoms with Crippen molar-refractivity contribution in [1.82, 2.24) is 9.13 Å². The second-order valence-electron chi connectivity index (χ2n) is 8.17. The average molecular weight is 495 g/mol. The fourth-order valence-corrected chi connectivity index (χ4v) is 3.94. The van der Waals surface area contributed by atoms with Gasteiger partial charge in [0.1, 0.15) is 29.3 Å². The summed E-state index contributed by atoms with van der Waals surface area (Å²) in [5.74, 6) is -0.662. The lowest BCUT2D eigenvalue weighted by molar-refractivity contribution is -0.144. The van der Waals surface area contributed by atoms with Crippen molar-refractivity contribution in [3.05, 3.63) is 85.1 Å². The van der Waals surface area contributed by atoms with E-state index in [0.29, 0.717) is 4.57 Å². The normalized spacial score (nSPS) is 14.6. The lowest BCUT2D eigenvalue weighted by Crippen LogP contribution is -2.41. The summed E-state index contributed by atoms with van der Waals surface area (Å²) < 4.78 is 52.1. The van der Waals surface area contributed by atoms with E-state index in [-0.39, 0.29) is 45.0 Å². The molecule has 2 heterocycles. The molecule has 0 spiro atoms. The highest BCUT2D eigenvalue weighted by Crippen LogP contribution is 2.47. The molecule has 0 unspecified atom stereocenters. The third-order valence-corrected chi connectivity index (χ3v) is 5.66. The van der Waals surface area contributed by atoms with Gasteiger partial charge in [-0.05, 0) is 19.4 Å². The number of aromatic nitrogens is 2. The smallest absolute Gasteiger partial charge is 0.431 e. The van der Waals surface area contributed by atoms with Crippen LogP contribution in [0, 0.1) is 0 Å². The minimum absolute atomic E-state index is 0.0555. The summed E-state index contributed by atoms with van der Waals surface area (Å²) in [6.07, 6.45) is -4.93. The summed E-state index contributed by atoms with van der Waals surface area (Å²) >= 11 is 6.39. The topological polar surface area (TPSA) is 79.5 Å². The van der Waals surface area contributed by atoms with Gasteiger partial charge in [-0.2, -0.15) is 13.2 Å². The van der Waals surface area contributed by atoms with E-state index in [9.17, 15) is 27.6 Å². The number of ether oxygens (including phenoxy) is 2. The molecule has 1 aliphatic rings. The third-order valence-electron chi connectivity index (χ3n) is 5.38. The third kappa shape index (κ3) is 3.87. The van der Waals surface area contributed by atoms with Gasteiger partial charge in [0.25, 0.3) is 5.56 Å². The number of fused-ring (bicyclic) bond motifs is 1. The number of rotatable bonds is 4. The fourth-order valence-electron chi connectivity index (χ4n) is 3.67. The molecule has 34 heavy (non-hydrogen) atoms. The maximum Gasteiger partial charge on any atom is 0.431 e. The first kappa shape index (κ1) is 23.6. The number of halogens is 4. The van der Waals surface area contributed by atoms with E-state index in [4.69, 9.17) is 21.1 Å². The largest absolute Gasteiger partial charge is 0.488 e. The van der Waals surface area contributed by atoms with Gasteiger partial charge in [-0.1, -0.05) is 41.9 Å². The Balaban J connectivity index is 1.94. The molecular weight excluding hydrogens is 477 g/mol. The second kappa shape index (κ2) is 8.05. The van der Waals surface area contributed by atoms with Crippen molar-refractivity contribution >= 4 is 17.4 Å². The van der Waals surface area contributed by atoms with Gasteiger partial charge in [-0.3, -0.25) is 14.2 Å². The number of nitrogens with zero attached hydrogens (tertiary/aromatic N) is 2. The molecule has 3 aromatic rings. The maximum atomic E-state index is 13.3. The number of hydrogen-bond donors (Lipinski definition) is 0. The number of benzene rings is 2. The van der Waals surface area contributed by atoms with Gasteiger partial charge < -0.3 is 9.47 Å². The Bertz CT molecular complexity index is 1430. The van der Waals surface area contributed by atoms with Crippen LogP contribution >= 0.6 is 11.6 Å². The van der Waals surface area contributed by atoms with Crippen molar-refractivity contribution in [2.75, 3.05) is 0 Å². The summed E-state index contributed by atoms with van der Waals surface area (Å²) in [4.78, 5) is 38.6. The quantitative estimate of drug-likeness (QED) is 0.544. The lowest BCUT2D eigenvalue weighted by atomic mass is 9.98. The van der Waals surface area contributed by atoms with Crippen LogP contribution < -0.4 is 20.7 Å². The molecule has 0 amide bonds. The van der Waals surface area contributed by atoms with Crippen molar-refractivity contribution < 1.29 is 27.4 Å². The molecule has 0 aliphatic carbocycles. The van der Waals surface area contributed by atoms with E-state index in [0.717, 1.165) is 12.6 Å². The highest BCUT2D eigenvalue weighted by atomic mass is 35.5. The molecule has 0 radical (unpaired) electrons. The molecule has 0 bridgehead atoms. The summed E-state index contributed by atoms with van der Waals surface area (Å²) in [6, 6.07) is 10.6. The molecule has 0 fully saturated rings. The van der Waals surface area contributed by atoms with Crippen LogP contribution in [0.5, 0.6) is 11.5 Å². The van der Waals surface area contributed by atoms with Crippen LogP contribution in [0.1, 0.15) is 35.5 Å². The average Bonchev–Trinajstić information content (AvgIpc) is 2.99. The van der Waals surface area contributed by atoms with Gasteiger partial charge in [-0.25, -0.2) is 9.36 Å². The zero-order chi connectivity index (χ0) is 25.0. The highest BCUT2D eigenvalue weighted by Gasteiger charge is 2.45. The van der Waals surface area contributed by atoms with E-state index in [1.807, 2.05) is 30.3 Å². The van der Waals surface area contributed by atoms with Crippen LogP contribution in [0.3, 0.4) is 0 Å². The van der Waals surface area contributed by atoms with Crippen LogP contribution in [-0.4, -0.2) is 20.5 Å². The molecule has 1 aromatic heterocycles. The second-order valence-corrected chi connectivity index (χ2v) is 8.57. The van der Waals surface area contributed by atoms with E-state index in [2.05, 4.69) is 0 Å². The van der Waals surface area contributed by atoms with E-state index in [1.165, 1.54) is 19.9 Å². The Morgan fingerprint density at radius 3 is 2.35 bits per heavy atom. The molecular formula is C23H18ClF3N2O5. The first-order valence-electron chi connectivity index (χ1n) is 10.0. The van der Waals surface area contributed by atoms with Gasteiger partial charge in [0.2, 0.25) is 5.78 Å². The molecule has 2 aromatic carbocycles. The van der Waals surface area contributed by atoms with Crippen molar-refractivity contribution in [3.63, 3.8) is 0 Å². The zero-order valence-electron chi connectivity index (χ0n) is 18.2. The fraction of sp³-hybridized carbons (Fsp3) is 0.261. The number of ketones is 1. The molecule has 7 nitrogen and oxygen atoms in total. The molecule has 0 saturated carbocycles. The van der Waals surface area contributed by atoms with Gasteiger partial charge in [0.15, 0.2) is 11.4 Å². The Hall–Kier alpha value is -3.53. The van der Waals surface area contributed by atoms with E-state index in [1.54, 1.807) is 0 Å². The number of carbonyl (C=O) groups is 1. The number of carbonyl (C=O) groups excluding carboxylic acids is 1. The van der Waals surface area contributed by atoms with Crippen molar-refractivity contribution in [2.45, 2.75) is 32.2 Å². The predicted molar refractivity (Wildman–Crippen MR) is 117 cm³/mol. The van der Waals surface area contributed by atoms with Gasteiger partial charge in [0, 0.05) is 19.2 Å². The van der Waals surface area contributed by atoms with Crippen LogP contribution in [0.4, 0.5) is 13.2 Å². The van der Waals surface area contributed by atoms with Gasteiger partial charge in [-0.15, -0.1) is 0 Å². The SMILES string of the molecule is Cn1c(C(F)(F)F)cc(=O)n(-c2c(Cl)cc(OCc3ccccc3)c3c2OC(C)(C)C3=O)c1=O. The first-order chi connectivity index (χ1) is 15.8. The molecule has 4 rings (SSSR count). The zero-order valence-corrected chi connectivity index (χ0v) is 19.0. The number of alkyl halides is 3. The Morgan fingerprint density at radius 2 is 1.74 bits per heavy atom. The Kier molecular flexibility index (Phi) is 5.59. The summed E-state index contributed by atoms with van der Waals surface area (Å²) in [5.41, 5.74) is -4.99. The van der Waals surface area contributed by atoms with Crippen molar-refractivity contribution in [1.29, 1.82) is 0 Å². The van der Waals surface area contributed by atoms with Crippen LogP contribution in [0.2, 0.25) is 5.02 Å². The molecule has 1 aliphatic heterocycles. The lowest BCUT2D eigenvalue weighted by Gasteiger charge is -2.19. The summed E-state index contributed by atoms with van der Waals surface area (Å²) in [7, 11) is 0.877. The Labute approximate surface area is 195 Å². The number of Topliss-reactive ketones (excluding diaryl/α,β-unsaturated/α-hetero) is 1. The van der Waals surface area contributed by atoms with Gasteiger partial charge >= 0.3 is 11.9 Å². The highest BCUT2D eigenvalue weighted by molar-refractivity contribution is 6.33. The van der Waals surface area contributed by atoms with Crippen LogP contribution in [-0.2, 0) is 19.8 Å². The van der Waals surface area contributed by atoms with Gasteiger partial charge in [0.05, 0.1) is 5.02 Å². The standard InChI is InChI=1S/C23H18ClF3N2O5/c1-22(2)20(31)17-14(33-11-12-7-5-4-6-8-12)9-13(24)18(19(17)34-22)29-16(30)10-15(23(25,26)27)28(3)21(29)32/h4-10H,11H2,1-3H3. The molecule has 0 N–H and O–H groups in total. The van der Waals surface area contributed by atoms with E-state index < -0.39 is 34.5 Å². The molecule has 0 atom stereocenters. The first-order valence-corrected chi connectivity index (χ1v) is 10.4. The minimum Gasteiger partial charge on any atom is -0.488 e. The monoisotopic (exact) mass is 494 g/mol. The molecule has 178 valence electrons. The van der Waals surface area contributed by atoms with E-state index >= 15 is 0 Å². The molecule has 11 heteroatoms. The molecule has 0 saturated heterocycles. The van der Waals surface area contributed by atoms with Crippen LogP contribution in [0.15, 0.2) is 52.1 Å². The predicted octanol–water partition coefficient (Wildman–Crippen LogP) is 4.14. The van der Waals surface area contributed by atoms with Crippen molar-refractivity contribution in [2.24, 2.45) is 7.05 Å². The maximum absolute atomic E-state index is 13.3. The minimum atomic E-state index is -4.93. The summed E-state index contributed by atoms with van der Waals surface area (Å²) in [5, 5.41) is -0.216. The van der Waals surface area contributed by atoms with Crippen molar-refractivity contribution in [3.8, 4) is 17.2 Å².